The Kier molecular flexibility index (Phi) is 3.82. The van der Waals surface area contributed by atoms with Gasteiger partial charge >= 0.3 is 0 Å². The van der Waals surface area contributed by atoms with Crippen molar-refractivity contribution in [2.24, 2.45) is 0 Å². The number of aromatic nitrogens is 2. The average Bonchev–Trinajstić information content (AvgIpc) is 3.32. The molecule has 2 amide bonds. The topological polar surface area (TPSA) is 84.0 Å². The Bertz CT molecular complexity index is 708. The third-order valence-electron chi connectivity index (χ3n) is 3.32. The Morgan fingerprint density at radius 2 is 1.73 bits per heavy atom. The van der Waals surface area contributed by atoms with Gasteiger partial charge in [0, 0.05) is 36.6 Å². The largest absolute Gasteiger partial charge is 0.326 e. The summed E-state index contributed by atoms with van der Waals surface area (Å²) in [5, 5.41) is 5.44. The molecule has 1 aliphatic carbocycles. The van der Waals surface area contributed by atoms with Gasteiger partial charge in [0.1, 0.15) is 5.82 Å². The minimum absolute atomic E-state index is 0.160. The minimum atomic E-state index is -0.276. The van der Waals surface area contributed by atoms with Gasteiger partial charge < -0.3 is 10.6 Å². The van der Waals surface area contributed by atoms with E-state index in [1.807, 2.05) is 0 Å². The zero-order valence-corrected chi connectivity index (χ0v) is 12.2. The van der Waals surface area contributed by atoms with E-state index in [1.165, 1.54) is 6.92 Å². The van der Waals surface area contributed by atoms with Crippen molar-refractivity contribution >= 4 is 23.2 Å². The standard InChI is InChI=1S/C16H16N4O2/c1-10(21)19-13-3-2-4-14(7-13)20-16(22)12-8-17-15(18-9-12)11-5-6-11/h2-4,7-9,11H,5-6H2,1H3,(H,19,21)(H,20,22). The maximum Gasteiger partial charge on any atom is 0.258 e. The van der Waals surface area contributed by atoms with Crippen LogP contribution < -0.4 is 10.6 Å². The van der Waals surface area contributed by atoms with Crippen LogP contribution in [0.2, 0.25) is 0 Å². The van der Waals surface area contributed by atoms with E-state index in [1.54, 1.807) is 36.7 Å². The van der Waals surface area contributed by atoms with Crippen molar-refractivity contribution in [2.45, 2.75) is 25.7 Å². The van der Waals surface area contributed by atoms with Crippen molar-refractivity contribution in [1.82, 2.24) is 9.97 Å². The van der Waals surface area contributed by atoms with E-state index in [-0.39, 0.29) is 11.8 Å². The molecule has 3 rings (SSSR count). The number of carbonyl (C=O) groups excluding carboxylic acids is 2. The molecule has 0 spiro atoms. The van der Waals surface area contributed by atoms with Crippen LogP contribution in [0.5, 0.6) is 0 Å². The molecule has 0 atom stereocenters. The van der Waals surface area contributed by atoms with Crippen molar-refractivity contribution in [1.29, 1.82) is 0 Å². The van der Waals surface area contributed by atoms with Crippen LogP contribution in [0.1, 0.15) is 41.9 Å². The van der Waals surface area contributed by atoms with Gasteiger partial charge in [-0.15, -0.1) is 0 Å². The fraction of sp³-hybridized carbons (Fsp3) is 0.250. The van der Waals surface area contributed by atoms with E-state index in [9.17, 15) is 9.59 Å². The van der Waals surface area contributed by atoms with Gasteiger partial charge in [0.2, 0.25) is 5.91 Å². The number of rotatable bonds is 4. The molecule has 112 valence electrons. The molecule has 2 N–H and O–H groups in total. The molecular weight excluding hydrogens is 280 g/mol. The Hall–Kier alpha value is -2.76. The second kappa shape index (κ2) is 5.93. The van der Waals surface area contributed by atoms with Gasteiger partial charge in [-0.05, 0) is 31.0 Å². The van der Waals surface area contributed by atoms with E-state index < -0.39 is 0 Å². The Balaban J connectivity index is 1.69. The Morgan fingerprint density at radius 3 is 2.32 bits per heavy atom. The highest BCUT2D eigenvalue weighted by Crippen LogP contribution is 2.37. The van der Waals surface area contributed by atoms with Gasteiger partial charge in [0.25, 0.3) is 5.91 Å². The number of nitrogens with zero attached hydrogens (tertiary/aromatic N) is 2. The van der Waals surface area contributed by atoms with Gasteiger partial charge in [0.05, 0.1) is 5.56 Å². The molecule has 6 nitrogen and oxygen atoms in total. The summed E-state index contributed by atoms with van der Waals surface area (Å²) in [4.78, 5) is 31.7. The normalized spacial score (nSPS) is 13.5. The highest BCUT2D eigenvalue weighted by Gasteiger charge is 2.26. The van der Waals surface area contributed by atoms with E-state index in [2.05, 4.69) is 20.6 Å². The zero-order valence-electron chi connectivity index (χ0n) is 12.2. The second-order valence-electron chi connectivity index (χ2n) is 5.32. The Morgan fingerprint density at radius 1 is 1.09 bits per heavy atom. The summed E-state index contributed by atoms with van der Waals surface area (Å²) in [5.41, 5.74) is 1.64. The third kappa shape index (κ3) is 3.46. The summed E-state index contributed by atoms with van der Waals surface area (Å²) in [6, 6.07) is 6.96. The molecule has 1 aromatic heterocycles. The number of carbonyl (C=O) groups is 2. The van der Waals surface area contributed by atoms with Crippen LogP contribution in [-0.4, -0.2) is 21.8 Å². The molecule has 22 heavy (non-hydrogen) atoms. The molecule has 1 aromatic carbocycles. The summed E-state index contributed by atoms with van der Waals surface area (Å²) in [5.74, 6) is 0.838. The lowest BCUT2D eigenvalue weighted by atomic mass is 10.2. The van der Waals surface area contributed by atoms with E-state index in [0.29, 0.717) is 22.9 Å². The molecule has 2 aromatic rings. The first-order valence-electron chi connectivity index (χ1n) is 7.13. The SMILES string of the molecule is CC(=O)Nc1cccc(NC(=O)c2cnc(C3CC3)nc2)c1. The average molecular weight is 296 g/mol. The minimum Gasteiger partial charge on any atom is -0.326 e. The number of hydrogen-bond donors (Lipinski definition) is 2. The summed E-state index contributed by atoms with van der Waals surface area (Å²) in [6.07, 6.45) is 5.35. The molecule has 1 aliphatic rings. The van der Waals surface area contributed by atoms with Crippen molar-refractivity contribution in [3.8, 4) is 0 Å². The molecule has 0 aliphatic heterocycles. The lowest BCUT2D eigenvalue weighted by Crippen LogP contribution is -2.13. The van der Waals surface area contributed by atoms with Gasteiger partial charge in [-0.2, -0.15) is 0 Å². The number of amides is 2. The van der Waals surface area contributed by atoms with Gasteiger partial charge in [-0.3, -0.25) is 9.59 Å². The molecule has 1 heterocycles. The van der Waals surface area contributed by atoms with Gasteiger partial charge in [0.15, 0.2) is 0 Å². The molecular formula is C16H16N4O2. The fourth-order valence-electron chi connectivity index (χ4n) is 2.09. The van der Waals surface area contributed by atoms with Crippen LogP contribution in [0.25, 0.3) is 0 Å². The van der Waals surface area contributed by atoms with E-state index in [4.69, 9.17) is 0 Å². The first kappa shape index (κ1) is 14.2. The first-order valence-corrected chi connectivity index (χ1v) is 7.13. The zero-order chi connectivity index (χ0) is 15.5. The quantitative estimate of drug-likeness (QED) is 0.908. The lowest BCUT2D eigenvalue weighted by molar-refractivity contribution is -0.114. The highest BCUT2D eigenvalue weighted by atomic mass is 16.2. The lowest BCUT2D eigenvalue weighted by Gasteiger charge is -2.08. The predicted molar refractivity (Wildman–Crippen MR) is 82.7 cm³/mol. The predicted octanol–water partition coefficient (Wildman–Crippen LogP) is 2.56. The molecule has 0 bridgehead atoms. The maximum absolute atomic E-state index is 12.2. The van der Waals surface area contributed by atoms with E-state index >= 15 is 0 Å². The number of anilines is 2. The third-order valence-corrected chi connectivity index (χ3v) is 3.32. The summed E-state index contributed by atoms with van der Waals surface area (Å²) >= 11 is 0. The molecule has 0 unspecified atom stereocenters. The number of benzene rings is 1. The van der Waals surface area contributed by atoms with Gasteiger partial charge in [-0.1, -0.05) is 6.07 Å². The van der Waals surface area contributed by atoms with Crippen LogP contribution in [0.3, 0.4) is 0 Å². The fourth-order valence-corrected chi connectivity index (χ4v) is 2.09. The van der Waals surface area contributed by atoms with Crippen molar-refractivity contribution in [3.63, 3.8) is 0 Å². The summed E-state index contributed by atoms with van der Waals surface area (Å²) in [7, 11) is 0. The monoisotopic (exact) mass is 296 g/mol. The summed E-state index contributed by atoms with van der Waals surface area (Å²) in [6.45, 7) is 1.43. The molecule has 1 saturated carbocycles. The molecule has 0 saturated heterocycles. The molecule has 0 radical (unpaired) electrons. The molecule has 1 fully saturated rings. The van der Waals surface area contributed by atoms with E-state index in [0.717, 1.165) is 18.7 Å². The molecule has 6 heteroatoms. The number of nitrogens with one attached hydrogen (secondary N) is 2. The second-order valence-corrected chi connectivity index (χ2v) is 5.32. The van der Waals surface area contributed by atoms with Gasteiger partial charge in [-0.25, -0.2) is 9.97 Å². The van der Waals surface area contributed by atoms with Crippen LogP contribution >= 0.6 is 0 Å². The van der Waals surface area contributed by atoms with Crippen molar-refractivity contribution in [2.75, 3.05) is 10.6 Å². The number of hydrogen-bond acceptors (Lipinski definition) is 4. The maximum atomic E-state index is 12.2. The summed E-state index contributed by atoms with van der Waals surface area (Å²) < 4.78 is 0. The van der Waals surface area contributed by atoms with Crippen LogP contribution in [0.15, 0.2) is 36.7 Å². The Labute approximate surface area is 128 Å². The van der Waals surface area contributed by atoms with Crippen molar-refractivity contribution in [3.05, 3.63) is 48.0 Å². The first-order chi connectivity index (χ1) is 10.6. The van der Waals surface area contributed by atoms with Crippen LogP contribution in [0, 0.1) is 0 Å². The highest BCUT2D eigenvalue weighted by molar-refractivity contribution is 6.04. The van der Waals surface area contributed by atoms with Crippen LogP contribution in [-0.2, 0) is 4.79 Å². The van der Waals surface area contributed by atoms with Crippen LogP contribution in [0.4, 0.5) is 11.4 Å². The van der Waals surface area contributed by atoms with Crippen molar-refractivity contribution < 1.29 is 9.59 Å². The smallest absolute Gasteiger partial charge is 0.258 e.